The number of hydrogen-bond donors (Lipinski definition) is 1. The number of carbonyl (C=O) groups is 1. The van der Waals surface area contributed by atoms with Crippen LogP contribution in [0, 0.1) is 6.92 Å². The molecule has 0 spiro atoms. The molecule has 0 aliphatic rings. The summed E-state index contributed by atoms with van der Waals surface area (Å²) in [7, 11) is 0. The molecule has 0 aliphatic carbocycles. The lowest BCUT2D eigenvalue weighted by molar-refractivity contribution is 0.0919. The molecule has 2 heterocycles. The highest BCUT2D eigenvalue weighted by Crippen LogP contribution is 2.13. The maximum Gasteiger partial charge on any atom is 0.255 e. The molecule has 1 N–H and O–H groups in total. The maximum atomic E-state index is 12.1. The number of amides is 1. The third kappa shape index (κ3) is 2.99. The summed E-state index contributed by atoms with van der Waals surface area (Å²) in [4.78, 5) is 16.4. The van der Waals surface area contributed by atoms with Crippen LogP contribution in [0.1, 0.15) is 36.8 Å². The zero-order chi connectivity index (χ0) is 14.0. The fourth-order valence-corrected chi connectivity index (χ4v) is 1.75. The molecule has 0 unspecified atom stereocenters. The van der Waals surface area contributed by atoms with E-state index in [0.717, 1.165) is 5.69 Å². The van der Waals surface area contributed by atoms with E-state index in [1.54, 1.807) is 17.1 Å². The number of nitrogens with one attached hydrogen (secondary N) is 1. The summed E-state index contributed by atoms with van der Waals surface area (Å²) in [6.45, 7) is 7.70. The Bertz CT molecular complexity index is 581. The molecule has 19 heavy (non-hydrogen) atoms. The van der Waals surface area contributed by atoms with Crippen LogP contribution in [0.5, 0.6) is 0 Å². The molecule has 5 heteroatoms. The van der Waals surface area contributed by atoms with E-state index in [1.165, 1.54) is 0 Å². The van der Waals surface area contributed by atoms with Gasteiger partial charge in [0.05, 0.1) is 17.5 Å². The van der Waals surface area contributed by atoms with E-state index in [1.807, 2.05) is 45.9 Å². The first-order chi connectivity index (χ1) is 8.88. The second kappa shape index (κ2) is 4.84. The highest BCUT2D eigenvalue weighted by molar-refractivity contribution is 5.95. The van der Waals surface area contributed by atoms with Crippen molar-refractivity contribution in [3.8, 4) is 5.82 Å². The summed E-state index contributed by atoms with van der Waals surface area (Å²) in [6.07, 6.45) is 3.27. The second-order valence-corrected chi connectivity index (χ2v) is 5.45. The van der Waals surface area contributed by atoms with E-state index in [9.17, 15) is 4.79 Å². The molecule has 2 rings (SSSR count). The molecular weight excluding hydrogens is 240 g/mol. The molecular formula is C14H18N4O. The molecule has 2 aromatic rings. The summed E-state index contributed by atoms with van der Waals surface area (Å²) >= 11 is 0. The van der Waals surface area contributed by atoms with Crippen molar-refractivity contribution in [1.82, 2.24) is 20.1 Å². The average Bonchev–Trinajstić information content (AvgIpc) is 2.70. The van der Waals surface area contributed by atoms with Crippen molar-refractivity contribution in [2.24, 2.45) is 0 Å². The highest BCUT2D eigenvalue weighted by Gasteiger charge is 2.20. The lowest BCUT2D eigenvalue weighted by atomic mass is 10.1. The molecule has 5 nitrogen and oxygen atoms in total. The molecule has 0 fully saturated rings. The number of pyridine rings is 1. The van der Waals surface area contributed by atoms with Crippen LogP contribution in [-0.2, 0) is 0 Å². The topological polar surface area (TPSA) is 59.8 Å². The molecule has 2 aromatic heterocycles. The van der Waals surface area contributed by atoms with Crippen LogP contribution in [0.3, 0.4) is 0 Å². The lowest BCUT2D eigenvalue weighted by Crippen LogP contribution is -2.40. The van der Waals surface area contributed by atoms with Crippen molar-refractivity contribution in [1.29, 1.82) is 0 Å². The van der Waals surface area contributed by atoms with Gasteiger partial charge >= 0.3 is 0 Å². The zero-order valence-corrected chi connectivity index (χ0v) is 11.6. The predicted octanol–water partition coefficient (Wildman–Crippen LogP) is 2.10. The highest BCUT2D eigenvalue weighted by atomic mass is 16.1. The van der Waals surface area contributed by atoms with Crippen LogP contribution < -0.4 is 5.32 Å². The first-order valence-electron chi connectivity index (χ1n) is 6.17. The van der Waals surface area contributed by atoms with Gasteiger partial charge < -0.3 is 5.32 Å². The summed E-state index contributed by atoms with van der Waals surface area (Å²) in [5, 5.41) is 7.16. The monoisotopic (exact) mass is 258 g/mol. The van der Waals surface area contributed by atoms with Gasteiger partial charge in [-0.05, 0) is 39.8 Å². The normalized spacial score (nSPS) is 11.4. The molecule has 0 saturated heterocycles. The number of carbonyl (C=O) groups excluding carboxylic acids is 1. The summed E-state index contributed by atoms with van der Waals surface area (Å²) < 4.78 is 1.66. The van der Waals surface area contributed by atoms with E-state index < -0.39 is 0 Å². The Hall–Kier alpha value is -2.17. The Kier molecular flexibility index (Phi) is 3.38. The smallest absolute Gasteiger partial charge is 0.255 e. The summed E-state index contributed by atoms with van der Waals surface area (Å²) in [5.74, 6) is 0.585. The number of aromatic nitrogens is 3. The molecule has 0 saturated carbocycles. The van der Waals surface area contributed by atoms with Gasteiger partial charge in [0.2, 0.25) is 0 Å². The van der Waals surface area contributed by atoms with Gasteiger partial charge in [-0.25, -0.2) is 9.67 Å². The standard InChI is InChI=1S/C14H18N4O/c1-10-11(13(19)17-14(2,3)4)9-16-18(10)12-7-5-6-8-15-12/h5-9H,1-4H3,(H,17,19). The summed E-state index contributed by atoms with van der Waals surface area (Å²) in [6, 6.07) is 5.58. The minimum atomic E-state index is -0.267. The van der Waals surface area contributed by atoms with Gasteiger partial charge in [-0.15, -0.1) is 0 Å². The van der Waals surface area contributed by atoms with Gasteiger partial charge in [-0.2, -0.15) is 5.10 Å². The van der Waals surface area contributed by atoms with Gasteiger partial charge in [0, 0.05) is 11.7 Å². The van der Waals surface area contributed by atoms with Crippen LogP contribution in [-0.4, -0.2) is 26.2 Å². The third-order valence-corrected chi connectivity index (χ3v) is 2.61. The summed E-state index contributed by atoms with van der Waals surface area (Å²) in [5.41, 5.74) is 1.08. The van der Waals surface area contributed by atoms with E-state index >= 15 is 0 Å². The number of nitrogens with zero attached hydrogens (tertiary/aromatic N) is 3. The van der Waals surface area contributed by atoms with Crippen molar-refractivity contribution in [2.75, 3.05) is 0 Å². The minimum absolute atomic E-state index is 0.118. The van der Waals surface area contributed by atoms with Gasteiger partial charge in [-0.3, -0.25) is 4.79 Å². The maximum absolute atomic E-state index is 12.1. The van der Waals surface area contributed by atoms with Crippen molar-refractivity contribution in [2.45, 2.75) is 33.2 Å². The van der Waals surface area contributed by atoms with E-state index in [0.29, 0.717) is 11.4 Å². The first kappa shape index (κ1) is 13.3. The van der Waals surface area contributed by atoms with E-state index in [4.69, 9.17) is 0 Å². The quantitative estimate of drug-likeness (QED) is 0.897. The average molecular weight is 258 g/mol. The molecule has 0 aromatic carbocycles. The van der Waals surface area contributed by atoms with Crippen molar-refractivity contribution in [3.63, 3.8) is 0 Å². The van der Waals surface area contributed by atoms with E-state index in [-0.39, 0.29) is 11.4 Å². The fraction of sp³-hybridized carbons (Fsp3) is 0.357. The van der Waals surface area contributed by atoms with Gasteiger partial charge in [0.1, 0.15) is 0 Å². The van der Waals surface area contributed by atoms with Crippen LogP contribution in [0.25, 0.3) is 5.82 Å². The molecule has 0 bridgehead atoms. The molecule has 1 amide bonds. The van der Waals surface area contributed by atoms with Gasteiger partial charge in [0.25, 0.3) is 5.91 Å². The number of rotatable bonds is 2. The fourth-order valence-electron chi connectivity index (χ4n) is 1.75. The Morgan fingerprint density at radius 2 is 2.05 bits per heavy atom. The third-order valence-electron chi connectivity index (χ3n) is 2.61. The minimum Gasteiger partial charge on any atom is -0.347 e. The van der Waals surface area contributed by atoms with Gasteiger partial charge in [0.15, 0.2) is 5.82 Å². The first-order valence-corrected chi connectivity index (χ1v) is 6.17. The van der Waals surface area contributed by atoms with Crippen LogP contribution in [0.4, 0.5) is 0 Å². The Morgan fingerprint density at radius 1 is 1.32 bits per heavy atom. The van der Waals surface area contributed by atoms with Crippen LogP contribution >= 0.6 is 0 Å². The SMILES string of the molecule is Cc1c(C(=O)NC(C)(C)C)cnn1-c1ccccn1. The Morgan fingerprint density at radius 3 is 2.63 bits per heavy atom. The molecule has 100 valence electrons. The number of hydrogen-bond acceptors (Lipinski definition) is 3. The van der Waals surface area contributed by atoms with Crippen LogP contribution in [0.2, 0.25) is 0 Å². The molecule has 0 radical (unpaired) electrons. The largest absolute Gasteiger partial charge is 0.347 e. The zero-order valence-electron chi connectivity index (χ0n) is 11.6. The van der Waals surface area contributed by atoms with E-state index in [2.05, 4.69) is 15.4 Å². The second-order valence-electron chi connectivity index (χ2n) is 5.45. The molecule has 0 atom stereocenters. The van der Waals surface area contributed by atoms with Gasteiger partial charge in [-0.1, -0.05) is 6.07 Å². The predicted molar refractivity (Wildman–Crippen MR) is 73.3 cm³/mol. The van der Waals surface area contributed by atoms with Crippen molar-refractivity contribution >= 4 is 5.91 Å². The lowest BCUT2D eigenvalue weighted by Gasteiger charge is -2.20. The molecule has 0 aliphatic heterocycles. The van der Waals surface area contributed by atoms with Crippen LogP contribution in [0.15, 0.2) is 30.6 Å². The Balaban J connectivity index is 2.31. The van der Waals surface area contributed by atoms with Crippen molar-refractivity contribution in [3.05, 3.63) is 41.9 Å². The Labute approximate surface area is 112 Å². The van der Waals surface area contributed by atoms with Crippen molar-refractivity contribution < 1.29 is 4.79 Å².